The molecule has 0 atom stereocenters. The van der Waals surface area contributed by atoms with E-state index in [9.17, 15) is 9.59 Å². The monoisotopic (exact) mass is 613 g/mol. The van der Waals surface area contributed by atoms with Gasteiger partial charge < -0.3 is 0 Å². The van der Waals surface area contributed by atoms with Crippen LogP contribution in [-0.4, -0.2) is 11.6 Å². The lowest BCUT2D eigenvalue weighted by Gasteiger charge is -2.12. The van der Waals surface area contributed by atoms with Gasteiger partial charge in [0.25, 0.3) is 0 Å². The lowest BCUT2D eigenvalue weighted by molar-refractivity contribution is -0.115. The first kappa shape index (κ1) is 40.8. The lowest BCUT2D eigenvalue weighted by atomic mass is 9.90. The Morgan fingerprint density at radius 3 is 0.682 bits per heavy atom. The van der Waals surface area contributed by atoms with Gasteiger partial charge in [-0.3, -0.25) is 9.59 Å². The maximum Gasteiger partial charge on any atom is 0.182 e. The number of rotatable bonds is 34. The fraction of sp³-hybridized carbons (Fsp3) is 0.857. The van der Waals surface area contributed by atoms with Crippen LogP contribution in [0, 0.1) is 0 Å². The van der Waals surface area contributed by atoms with Crippen LogP contribution >= 0.6 is 0 Å². The van der Waals surface area contributed by atoms with Crippen molar-refractivity contribution in [2.45, 2.75) is 232 Å². The van der Waals surface area contributed by atoms with E-state index in [1.165, 1.54) is 193 Å². The van der Waals surface area contributed by atoms with Gasteiger partial charge in [0.1, 0.15) is 0 Å². The third-order valence-corrected chi connectivity index (χ3v) is 9.84. The second-order valence-corrected chi connectivity index (χ2v) is 14.2. The third-order valence-electron chi connectivity index (χ3n) is 9.84. The van der Waals surface area contributed by atoms with Gasteiger partial charge >= 0.3 is 0 Å². The summed E-state index contributed by atoms with van der Waals surface area (Å²) in [6, 6.07) is 0. The Bertz CT molecular complexity index is 668. The maximum absolute atomic E-state index is 12.6. The molecule has 0 aromatic heterocycles. The molecule has 1 rings (SSSR count). The van der Waals surface area contributed by atoms with E-state index in [0.29, 0.717) is 0 Å². The zero-order valence-electron chi connectivity index (χ0n) is 30.0. The average molecular weight is 613 g/mol. The SMILES string of the molecule is CCCCCCCCCCCCCCCCCCC1=CC(=O)C(CCCCCCCCCCCCCCCCCC)=CC1=O. The van der Waals surface area contributed by atoms with E-state index in [0.717, 1.165) is 36.8 Å². The number of ketones is 2. The molecule has 0 fully saturated rings. The molecule has 0 radical (unpaired) electrons. The van der Waals surface area contributed by atoms with Crippen LogP contribution in [0.2, 0.25) is 0 Å². The summed E-state index contributed by atoms with van der Waals surface area (Å²) in [5, 5.41) is 0. The topological polar surface area (TPSA) is 34.1 Å². The minimum atomic E-state index is 0.0945. The molecular weight excluding hydrogens is 536 g/mol. The van der Waals surface area contributed by atoms with E-state index >= 15 is 0 Å². The minimum absolute atomic E-state index is 0.0945. The van der Waals surface area contributed by atoms with Crippen molar-refractivity contribution in [3.05, 3.63) is 23.3 Å². The first-order valence-corrected chi connectivity index (χ1v) is 20.2. The Balaban J connectivity index is 1.90. The Morgan fingerprint density at radius 1 is 0.295 bits per heavy atom. The Morgan fingerprint density at radius 2 is 0.477 bits per heavy atom. The Kier molecular flexibility index (Phi) is 29.5. The highest BCUT2D eigenvalue weighted by atomic mass is 16.1. The van der Waals surface area contributed by atoms with E-state index in [1.54, 1.807) is 12.2 Å². The van der Waals surface area contributed by atoms with Crippen LogP contribution in [0.3, 0.4) is 0 Å². The van der Waals surface area contributed by atoms with Gasteiger partial charge in [0.2, 0.25) is 0 Å². The van der Waals surface area contributed by atoms with Crippen LogP contribution < -0.4 is 0 Å². The van der Waals surface area contributed by atoms with E-state index in [1.807, 2.05) is 0 Å². The first-order valence-electron chi connectivity index (χ1n) is 20.2. The molecule has 1 aliphatic rings. The highest BCUT2D eigenvalue weighted by molar-refractivity contribution is 6.19. The normalized spacial score (nSPS) is 13.5. The predicted molar refractivity (Wildman–Crippen MR) is 195 cm³/mol. The molecule has 0 amide bonds. The van der Waals surface area contributed by atoms with Gasteiger partial charge in [-0.15, -0.1) is 0 Å². The highest BCUT2D eigenvalue weighted by Gasteiger charge is 2.19. The molecule has 0 saturated heterocycles. The molecule has 1 aliphatic carbocycles. The molecule has 2 heteroatoms. The van der Waals surface area contributed by atoms with Gasteiger partial charge in [0.15, 0.2) is 11.6 Å². The molecule has 0 unspecified atom stereocenters. The number of allylic oxidation sites excluding steroid dienone is 4. The van der Waals surface area contributed by atoms with E-state index in [2.05, 4.69) is 13.8 Å². The molecule has 0 N–H and O–H groups in total. The molecule has 0 heterocycles. The molecule has 0 saturated carbocycles. The number of unbranched alkanes of at least 4 members (excludes halogenated alkanes) is 30. The summed E-state index contributed by atoms with van der Waals surface area (Å²) in [4.78, 5) is 25.2. The number of hydrogen-bond donors (Lipinski definition) is 0. The summed E-state index contributed by atoms with van der Waals surface area (Å²) in [5.74, 6) is 0.189. The van der Waals surface area contributed by atoms with Crippen molar-refractivity contribution in [1.82, 2.24) is 0 Å². The van der Waals surface area contributed by atoms with Gasteiger partial charge in [-0.1, -0.05) is 206 Å². The Labute approximate surface area is 276 Å². The van der Waals surface area contributed by atoms with Crippen LogP contribution in [0.1, 0.15) is 232 Å². The third kappa shape index (κ3) is 25.1. The van der Waals surface area contributed by atoms with Gasteiger partial charge in [-0.2, -0.15) is 0 Å². The van der Waals surface area contributed by atoms with Gasteiger partial charge in [-0.25, -0.2) is 0 Å². The van der Waals surface area contributed by atoms with E-state index < -0.39 is 0 Å². The number of carbonyl (C=O) groups excluding carboxylic acids is 2. The van der Waals surface area contributed by atoms with Crippen molar-refractivity contribution in [2.75, 3.05) is 0 Å². The molecule has 2 nitrogen and oxygen atoms in total. The lowest BCUT2D eigenvalue weighted by Crippen LogP contribution is -2.13. The quantitative estimate of drug-likeness (QED) is 0.0535. The number of carbonyl (C=O) groups is 2. The molecular formula is C42H76O2. The molecule has 44 heavy (non-hydrogen) atoms. The molecule has 0 aliphatic heterocycles. The fourth-order valence-electron chi connectivity index (χ4n) is 6.76. The molecule has 0 aromatic rings. The van der Waals surface area contributed by atoms with Crippen LogP contribution in [0.4, 0.5) is 0 Å². The van der Waals surface area contributed by atoms with Crippen LogP contribution in [0.25, 0.3) is 0 Å². The van der Waals surface area contributed by atoms with E-state index in [-0.39, 0.29) is 11.6 Å². The van der Waals surface area contributed by atoms with Crippen molar-refractivity contribution in [3.63, 3.8) is 0 Å². The summed E-state index contributed by atoms with van der Waals surface area (Å²) in [6.45, 7) is 4.57. The first-order chi connectivity index (χ1) is 21.7. The second-order valence-electron chi connectivity index (χ2n) is 14.2. The van der Waals surface area contributed by atoms with Gasteiger partial charge in [0.05, 0.1) is 0 Å². The van der Waals surface area contributed by atoms with Gasteiger partial charge in [0, 0.05) is 11.1 Å². The fourth-order valence-corrected chi connectivity index (χ4v) is 6.76. The largest absolute Gasteiger partial charge is 0.290 e. The smallest absolute Gasteiger partial charge is 0.182 e. The standard InChI is InChI=1S/C42H76O2/c1-3-5-7-9-11-13-15-17-19-21-23-25-27-29-31-33-35-39-37-42(44)40(38-41(39)43)36-34-32-30-28-26-24-22-20-18-16-14-12-10-8-6-4-2/h37-38H,3-36H2,1-2H3. The zero-order chi connectivity index (χ0) is 31.8. The van der Waals surface area contributed by atoms with Crippen molar-refractivity contribution >= 4 is 11.6 Å². The summed E-state index contributed by atoms with van der Waals surface area (Å²) in [7, 11) is 0. The highest BCUT2D eigenvalue weighted by Crippen LogP contribution is 2.22. The van der Waals surface area contributed by atoms with Crippen LogP contribution in [0.15, 0.2) is 23.3 Å². The van der Waals surface area contributed by atoms with Crippen molar-refractivity contribution < 1.29 is 9.59 Å². The second kappa shape index (κ2) is 31.8. The number of hydrogen-bond acceptors (Lipinski definition) is 2. The summed E-state index contributed by atoms with van der Waals surface area (Å²) >= 11 is 0. The zero-order valence-corrected chi connectivity index (χ0v) is 30.0. The molecule has 0 bridgehead atoms. The molecule has 0 spiro atoms. The molecule has 256 valence electrons. The van der Waals surface area contributed by atoms with Crippen LogP contribution in [0.5, 0.6) is 0 Å². The Hall–Kier alpha value is -1.18. The van der Waals surface area contributed by atoms with Crippen LogP contribution in [-0.2, 0) is 9.59 Å². The summed E-state index contributed by atoms with van der Waals surface area (Å²) < 4.78 is 0. The van der Waals surface area contributed by atoms with Gasteiger partial charge in [-0.05, 0) is 37.8 Å². The predicted octanol–water partition coefficient (Wildman–Crippen LogP) is 14.3. The average Bonchev–Trinajstić information content (AvgIpc) is 3.02. The van der Waals surface area contributed by atoms with Crippen molar-refractivity contribution in [3.8, 4) is 0 Å². The summed E-state index contributed by atoms with van der Waals surface area (Å²) in [6.07, 6.45) is 48.2. The summed E-state index contributed by atoms with van der Waals surface area (Å²) in [5.41, 5.74) is 1.49. The van der Waals surface area contributed by atoms with Crippen molar-refractivity contribution in [1.29, 1.82) is 0 Å². The molecule has 0 aromatic carbocycles. The van der Waals surface area contributed by atoms with E-state index in [4.69, 9.17) is 0 Å². The maximum atomic E-state index is 12.6. The van der Waals surface area contributed by atoms with Crippen molar-refractivity contribution in [2.24, 2.45) is 0 Å². The minimum Gasteiger partial charge on any atom is -0.290 e.